The Kier molecular flexibility index (Phi) is 2.01. The summed E-state index contributed by atoms with van der Waals surface area (Å²) in [6.45, 7) is 1.77. The van der Waals surface area contributed by atoms with Gasteiger partial charge in [-0.1, -0.05) is 24.3 Å². The average molecular weight is 226 g/mol. The van der Waals surface area contributed by atoms with Crippen molar-refractivity contribution in [2.24, 2.45) is 0 Å². The fraction of sp³-hybridized carbons (Fsp3) is 0.0714. The molecule has 2 nitrogen and oxygen atoms in total. The lowest BCUT2D eigenvalue weighted by atomic mass is 10.0. The zero-order valence-electron chi connectivity index (χ0n) is 9.37. The fourth-order valence-corrected chi connectivity index (χ4v) is 2.22. The Morgan fingerprint density at radius 2 is 1.76 bits per heavy atom. The predicted molar refractivity (Wildman–Crippen MR) is 68.4 cm³/mol. The maximum atomic E-state index is 13.6. The van der Waals surface area contributed by atoms with E-state index < -0.39 is 0 Å². The second-order valence-electron chi connectivity index (χ2n) is 4.11. The molecular formula is C14H11FN2. The van der Waals surface area contributed by atoms with E-state index in [-0.39, 0.29) is 5.82 Å². The van der Waals surface area contributed by atoms with E-state index in [1.54, 1.807) is 13.0 Å². The molecule has 0 fully saturated rings. The number of anilines is 1. The fourth-order valence-electron chi connectivity index (χ4n) is 2.22. The lowest BCUT2D eigenvalue weighted by molar-refractivity contribution is 0.621. The highest BCUT2D eigenvalue weighted by atomic mass is 19.1. The molecule has 17 heavy (non-hydrogen) atoms. The minimum atomic E-state index is -0.214. The summed E-state index contributed by atoms with van der Waals surface area (Å²) in [6.07, 6.45) is 0. The van der Waals surface area contributed by atoms with Crippen LogP contribution in [0.3, 0.4) is 0 Å². The smallest absolute Gasteiger partial charge is 0.131 e. The topological polar surface area (TPSA) is 38.9 Å². The maximum Gasteiger partial charge on any atom is 0.131 e. The molecule has 3 aromatic rings. The second-order valence-corrected chi connectivity index (χ2v) is 4.11. The molecule has 0 bridgehead atoms. The molecule has 0 aliphatic rings. The minimum absolute atomic E-state index is 0.214. The van der Waals surface area contributed by atoms with Crippen molar-refractivity contribution < 1.29 is 4.39 Å². The monoisotopic (exact) mass is 226 g/mol. The van der Waals surface area contributed by atoms with Gasteiger partial charge in [-0.2, -0.15) is 0 Å². The summed E-state index contributed by atoms with van der Waals surface area (Å²) in [5.41, 5.74) is 7.26. The van der Waals surface area contributed by atoms with Crippen molar-refractivity contribution >= 4 is 27.5 Å². The van der Waals surface area contributed by atoms with Crippen LogP contribution in [0, 0.1) is 12.7 Å². The van der Waals surface area contributed by atoms with Crippen LogP contribution >= 0.6 is 0 Å². The number of nitrogens with two attached hydrogens (primary N) is 1. The van der Waals surface area contributed by atoms with Crippen LogP contribution in [0.1, 0.15) is 5.56 Å². The highest BCUT2D eigenvalue weighted by molar-refractivity contribution is 6.10. The molecule has 84 valence electrons. The molecule has 0 amide bonds. The minimum Gasteiger partial charge on any atom is -0.383 e. The van der Waals surface area contributed by atoms with Crippen LogP contribution in [0.25, 0.3) is 21.7 Å². The first-order chi connectivity index (χ1) is 8.18. The van der Waals surface area contributed by atoms with Crippen LogP contribution in [0.2, 0.25) is 0 Å². The molecule has 0 radical (unpaired) electrons. The number of rotatable bonds is 0. The number of hydrogen-bond acceptors (Lipinski definition) is 2. The van der Waals surface area contributed by atoms with Gasteiger partial charge in [-0.25, -0.2) is 9.37 Å². The quantitative estimate of drug-likeness (QED) is 0.596. The van der Waals surface area contributed by atoms with Gasteiger partial charge in [-0.05, 0) is 30.0 Å². The van der Waals surface area contributed by atoms with E-state index in [0.717, 1.165) is 21.7 Å². The van der Waals surface area contributed by atoms with E-state index in [4.69, 9.17) is 5.73 Å². The van der Waals surface area contributed by atoms with Gasteiger partial charge < -0.3 is 5.73 Å². The van der Waals surface area contributed by atoms with Crippen molar-refractivity contribution in [2.75, 3.05) is 5.73 Å². The van der Waals surface area contributed by atoms with Gasteiger partial charge in [-0.3, -0.25) is 0 Å². The van der Waals surface area contributed by atoms with Crippen molar-refractivity contribution in [3.05, 3.63) is 47.8 Å². The number of pyridine rings is 1. The molecule has 0 aliphatic heterocycles. The van der Waals surface area contributed by atoms with E-state index in [2.05, 4.69) is 4.98 Å². The van der Waals surface area contributed by atoms with Crippen LogP contribution in [-0.2, 0) is 0 Å². The van der Waals surface area contributed by atoms with E-state index in [9.17, 15) is 4.39 Å². The molecule has 3 heteroatoms. The van der Waals surface area contributed by atoms with Crippen LogP contribution in [0.15, 0.2) is 36.4 Å². The lowest BCUT2D eigenvalue weighted by Crippen LogP contribution is -1.95. The van der Waals surface area contributed by atoms with E-state index in [0.29, 0.717) is 11.4 Å². The third kappa shape index (κ3) is 1.35. The number of aromatic nitrogens is 1. The highest BCUT2D eigenvalue weighted by Crippen LogP contribution is 2.30. The Balaban J connectivity index is 2.66. The average Bonchev–Trinajstić information content (AvgIpc) is 2.34. The molecule has 0 saturated carbocycles. The third-order valence-corrected chi connectivity index (χ3v) is 3.09. The van der Waals surface area contributed by atoms with Crippen molar-refractivity contribution in [3.63, 3.8) is 0 Å². The maximum absolute atomic E-state index is 13.6. The molecule has 1 heterocycles. The zero-order chi connectivity index (χ0) is 12.0. The van der Waals surface area contributed by atoms with Gasteiger partial charge >= 0.3 is 0 Å². The largest absolute Gasteiger partial charge is 0.383 e. The van der Waals surface area contributed by atoms with E-state index in [1.165, 1.54) is 6.07 Å². The number of fused-ring (bicyclic) bond motifs is 3. The molecule has 0 saturated heterocycles. The molecule has 2 aromatic carbocycles. The summed E-state index contributed by atoms with van der Waals surface area (Å²) >= 11 is 0. The molecule has 3 rings (SSSR count). The van der Waals surface area contributed by atoms with Crippen molar-refractivity contribution in [2.45, 2.75) is 6.92 Å². The van der Waals surface area contributed by atoms with Gasteiger partial charge in [0.25, 0.3) is 0 Å². The van der Waals surface area contributed by atoms with Crippen molar-refractivity contribution in [1.82, 2.24) is 4.98 Å². The SMILES string of the molecule is Cc1c(F)ccc2nc(N)c3ccccc3c12. The van der Waals surface area contributed by atoms with Gasteiger partial charge in [0.1, 0.15) is 11.6 Å². The summed E-state index contributed by atoms with van der Waals surface area (Å²) in [6, 6.07) is 10.8. The van der Waals surface area contributed by atoms with E-state index in [1.807, 2.05) is 24.3 Å². The normalized spacial score (nSPS) is 11.2. The molecule has 2 N–H and O–H groups in total. The Morgan fingerprint density at radius 3 is 2.53 bits per heavy atom. The Bertz CT molecular complexity index is 735. The van der Waals surface area contributed by atoms with Crippen LogP contribution < -0.4 is 5.73 Å². The molecule has 0 unspecified atom stereocenters. The summed E-state index contributed by atoms with van der Waals surface area (Å²) in [4.78, 5) is 4.32. The standard InChI is InChI=1S/C14H11FN2/c1-8-11(15)6-7-12-13(8)9-4-2-3-5-10(9)14(16)17-12/h2-7H,1H3,(H2,16,17). The van der Waals surface area contributed by atoms with Crippen LogP contribution in [0.4, 0.5) is 10.2 Å². The van der Waals surface area contributed by atoms with E-state index >= 15 is 0 Å². The zero-order valence-corrected chi connectivity index (χ0v) is 9.37. The number of nitrogen functional groups attached to an aromatic ring is 1. The molecule has 0 atom stereocenters. The predicted octanol–water partition coefficient (Wildman–Crippen LogP) is 3.42. The van der Waals surface area contributed by atoms with Gasteiger partial charge in [0.05, 0.1) is 5.52 Å². The lowest BCUT2D eigenvalue weighted by Gasteiger charge is -2.09. The number of benzene rings is 2. The summed E-state index contributed by atoms with van der Waals surface area (Å²) < 4.78 is 13.6. The molecule has 1 aromatic heterocycles. The summed E-state index contributed by atoms with van der Waals surface area (Å²) in [7, 11) is 0. The molecule has 0 spiro atoms. The Hall–Kier alpha value is -2.16. The molecular weight excluding hydrogens is 215 g/mol. The van der Waals surface area contributed by atoms with Gasteiger partial charge in [0.2, 0.25) is 0 Å². The summed E-state index contributed by atoms with van der Waals surface area (Å²) in [5, 5.41) is 2.66. The Labute approximate surface area is 97.9 Å². The van der Waals surface area contributed by atoms with Crippen molar-refractivity contribution in [1.29, 1.82) is 0 Å². The second kappa shape index (κ2) is 3.42. The Morgan fingerprint density at radius 1 is 1.06 bits per heavy atom. The van der Waals surface area contributed by atoms with Gasteiger partial charge in [0.15, 0.2) is 0 Å². The highest BCUT2D eigenvalue weighted by Gasteiger charge is 2.10. The first kappa shape index (κ1) is 10.0. The van der Waals surface area contributed by atoms with Gasteiger partial charge in [0, 0.05) is 10.8 Å². The van der Waals surface area contributed by atoms with Crippen LogP contribution in [-0.4, -0.2) is 4.98 Å². The molecule has 0 aliphatic carbocycles. The number of nitrogens with zero attached hydrogens (tertiary/aromatic N) is 1. The van der Waals surface area contributed by atoms with Gasteiger partial charge in [-0.15, -0.1) is 0 Å². The number of hydrogen-bond donors (Lipinski definition) is 1. The number of aryl methyl sites for hydroxylation is 1. The number of halogens is 1. The third-order valence-electron chi connectivity index (χ3n) is 3.09. The first-order valence-corrected chi connectivity index (χ1v) is 5.41. The summed E-state index contributed by atoms with van der Waals surface area (Å²) in [5.74, 6) is 0.272. The van der Waals surface area contributed by atoms with Crippen LogP contribution in [0.5, 0.6) is 0 Å². The van der Waals surface area contributed by atoms with Crippen molar-refractivity contribution in [3.8, 4) is 0 Å². The first-order valence-electron chi connectivity index (χ1n) is 5.41.